The van der Waals surface area contributed by atoms with Gasteiger partial charge in [0.15, 0.2) is 0 Å². The minimum atomic E-state index is -0.788. The number of hydrogen-bond donors (Lipinski definition) is 1. The van der Waals surface area contributed by atoms with Crippen LogP contribution >= 0.6 is 0 Å². The van der Waals surface area contributed by atoms with Crippen LogP contribution in [0.25, 0.3) is 11.3 Å². The van der Waals surface area contributed by atoms with Crippen molar-refractivity contribution in [1.29, 1.82) is 0 Å². The van der Waals surface area contributed by atoms with Crippen molar-refractivity contribution in [2.45, 2.75) is 12.3 Å². The molecular weight excluding hydrogens is 235 g/mol. The average Bonchev–Trinajstić information content (AvgIpc) is 3.00. The summed E-state index contributed by atoms with van der Waals surface area (Å²) >= 11 is 0. The number of furan rings is 1. The zero-order valence-electron chi connectivity index (χ0n) is 9.47. The topological polar surface area (TPSA) is 50.4 Å². The molecule has 2 atom stereocenters. The highest BCUT2D eigenvalue weighted by molar-refractivity contribution is 5.75. The van der Waals surface area contributed by atoms with Gasteiger partial charge < -0.3 is 9.52 Å². The number of carboxylic acid groups (broad SMARTS) is 1. The molecule has 0 aliphatic heterocycles. The van der Waals surface area contributed by atoms with Crippen LogP contribution in [0, 0.1) is 11.7 Å². The Kier molecular flexibility index (Phi) is 2.44. The molecule has 2 aromatic rings. The molecule has 1 aliphatic rings. The van der Waals surface area contributed by atoms with Crippen molar-refractivity contribution in [2.24, 2.45) is 5.92 Å². The molecule has 0 amide bonds. The van der Waals surface area contributed by atoms with E-state index >= 15 is 0 Å². The van der Waals surface area contributed by atoms with E-state index in [2.05, 4.69) is 0 Å². The van der Waals surface area contributed by atoms with E-state index in [-0.39, 0.29) is 17.7 Å². The summed E-state index contributed by atoms with van der Waals surface area (Å²) in [4.78, 5) is 10.8. The average molecular weight is 246 g/mol. The molecule has 18 heavy (non-hydrogen) atoms. The number of aliphatic carboxylic acids is 1. The Bertz CT molecular complexity index is 603. The summed E-state index contributed by atoms with van der Waals surface area (Å²) in [5, 5.41) is 8.85. The molecule has 3 nitrogen and oxygen atoms in total. The molecule has 0 unspecified atom stereocenters. The third kappa shape index (κ3) is 1.90. The lowest BCUT2D eigenvalue weighted by molar-refractivity contribution is -0.138. The van der Waals surface area contributed by atoms with Crippen LogP contribution in [0.4, 0.5) is 4.39 Å². The number of carboxylic acids is 1. The lowest BCUT2D eigenvalue weighted by Crippen LogP contribution is -1.98. The van der Waals surface area contributed by atoms with Crippen molar-refractivity contribution < 1.29 is 18.7 Å². The highest BCUT2D eigenvalue weighted by Crippen LogP contribution is 2.48. The summed E-state index contributed by atoms with van der Waals surface area (Å²) in [6, 6.07) is 9.66. The van der Waals surface area contributed by atoms with Crippen LogP contribution in [-0.2, 0) is 4.79 Å². The standard InChI is InChI=1S/C14H11FO3/c15-9-3-1-2-8(6-9)12-4-5-13(18-12)10-7-11(10)14(16)17/h1-6,10-11H,7H2,(H,16,17)/t10-,11-/m1/s1. The third-order valence-electron chi connectivity index (χ3n) is 3.21. The van der Waals surface area contributed by atoms with Gasteiger partial charge in [-0.15, -0.1) is 0 Å². The van der Waals surface area contributed by atoms with Crippen LogP contribution in [-0.4, -0.2) is 11.1 Å². The molecular formula is C14H11FO3. The number of halogens is 1. The maximum Gasteiger partial charge on any atom is 0.307 e. The van der Waals surface area contributed by atoms with Gasteiger partial charge in [-0.25, -0.2) is 4.39 Å². The first-order chi connectivity index (χ1) is 8.65. The lowest BCUT2D eigenvalue weighted by Gasteiger charge is -1.97. The van der Waals surface area contributed by atoms with Gasteiger partial charge in [0.25, 0.3) is 0 Å². The van der Waals surface area contributed by atoms with Gasteiger partial charge in [0, 0.05) is 11.5 Å². The molecule has 3 rings (SSSR count). The molecule has 1 saturated carbocycles. The van der Waals surface area contributed by atoms with Gasteiger partial charge in [0.2, 0.25) is 0 Å². The monoisotopic (exact) mass is 246 g/mol. The van der Waals surface area contributed by atoms with E-state index in [4.69, 9.17) is 9.52 Å². The van der Waals surface area contributed by atoms with Crippen molar-refractivity contribution in [1.82, 2.24) is 0 Å². The molecule has 92 valence electrons. The summed E-state index contributed by atoms with van der Waals surface area (Å²) in [5.41, 5.74) is 0.661. The van der Waals surface area contributed by atoms with Crippen LogP contribution in [0.3, 0.4) is 0 Å². The molecule has 1 N–H and O–H groups in total. The van der Waals surface area contributed by atoms with E-state index in [0.717, 1.165) is 0 Å². The second kappa shape index (κ2) is 3.98. The van der Waals surface area contributed by atoms with Crippen molar-refractivity contribution in [2.75, 3.05) is 0 Å². The summed E-state index contributed by atoms with van der Waals surface area (Å²) in [7, 11) is 0. The highest BCUT2D eigenvalue weighted by atomic mass is 19.1. The van der Waals surface area contributed by atoms with E-state index in [1.807, 2.05) is 0 Å². The molecule has 0 spiro atoms. The SMILES string of the molecule is O=C(O)[C@@H]1C[C@H]1c1ccc(-c2cccc(F)c2)o1. The van der Waals surface area contributed by atoms with E-state index in [9.17, 15) is 9.18 Å². The summed E-state index contributed by atoms with van der Waals surface area (Å²) in [5.74, 6) is -0.243. The Morgan fingerprint density at radius 3 is 2.83 bits per heavy atom. The minimum Gasteiger partial charge on any atom is -0.481 e. The van der Waals surface area contributed by atoms with Crippen molar-refractivity contribution in [3.05, 3.63) is 48.0 Å². The fourth-order valence-electron chi connectivity index (χ4n) is 2.13. The fraction of sp³-hybridized carbons (Fsp3) is 0.214. The van der Waals surface area contributed by atoms with Crippen LogP contribution in [0.2, 0.25) is 0 Å². The van der Waals surface area contributed by atoms with Gasteiger partial charge in [-0.3, -0.25) is 4.79 Å². The fourth-order valence-corrected chi connectivity index (χ4v) is 2.13. The van der Waals surface area contributed by atoms with Gasteiger partial charge in [-0.2, -0.15) is 0 Å². The Hall–Kier alpha value is -2.10. The second-order valence-electron chi connectivity index (χ2n) is 4.50. The number of benzene rings is 1. The Morgan fingerprint density at radius 2 is 2.17 bits per heavy atom. The molecule has 0 saturated heterocycles. The molecule has 1 aliphatic carbocycles. The van der Waals surface area contributed by atoms with Crippen molar-refractivity contribution >= 4 is 5.97 Å². The Labute approximate surface area is 103 Å². The number of rotatable bonds is 3. The molecule has 1 aromatic carbocycles. The van der Waals surface area contributed by atoms with Crippen molar-refractivity contribution in [3.63, 3.8) is 0 Å². The van der Waals surface area contributed by atoms with E-state index < -0.39 is 5.97 Å². The van der Waals surface area contributed by atoms with Gasteiger partial charge in [0.1, 0.15) is 17.3 Å². The normalized spacial score (nSPS) is 21.8. The first-order valence-electron chi connectivity index (χ1n) is 5.73. The predicted octanol–water partition coefficient (Wildman–Crippen LogP) is 3.27. The molecule has 4 heteroatoms. The molecule has 1 fully saturated rings. The quantitative estimate of drug-likeness (QED) is 0.904. The van der Waals surface area contributed by atoms with Gasteiger partial charge in [-0.05, 0) is 30.7 Å². The maximum atomic E-state index is 13.1. The maximum absolute atomic E-state index is 13.1. The van der Waals surface area contributed by atoms with Crippen LogP contribution in [0.5, 0.6) is 0 Å². The zero-order valence-corrected chi connectivity index (χ0v) is 9.47. The first kappa shape index (κ1) is 11.0. The first-order valence-corrected chi connectivity index (χ1v) is 5.73. The van der Waals surface area contributed by atoms with Crippen molar-refractivity contribution in [3.8, 4) is 11.3 Å². The second-order valence-corrected chi connectivity index (χ2v) is 4.50. The highest BCUT2D eigenvalue weighted by Gasteiger charge is 2.46. The number of carbonyl (C=O) groups is 1. The van der Waals surface area contributed by atoms with E-state index in [0.29, 0.717) is 23.5 Å². The Balaban J connectivity index is 1.84. The largest absolute Gasteiger partial charge is 0.481 e. The number of hydrogen-bond acceptors (Lipinski definition) is 2. The molecule has 0 radical (unpaired) electrons. The van der Waals surface area contributed by atoms with Gasteiger partial charge >= 0.3 is 5.97 Å². The van der Waals surface area contributed by atoms with Crippen LogP contribution in [0.1, 0.15) is 18.1 Å². The van der Waals surface area contributed by atoms with E-state index in [1.54, 1.807) is 24.3 Å². The minimum absolute atomic E-state index is 0.0372. The molecule has 1 aromatic heterocycles. The molecule has 0 bridgehead atoms. The summed E-state index contributed by atoms with van der Waals surface area (Å²) in [6.45, 7) is 0. The smallest absolute Gasteiger partial charge is 0.307 e. The van der Waals surface area contributed by atoms with Crippen LogP contribution in [0.15, 0.2) is 40.8 Å². The predicted molar refractivity (Wildman–Crippen MR) is 62.6 cm³/mol. The van der Waals surface area contributed by atoms with Gasteiger partial charge in [0.05, 0.1) is 5.92 Å². The zero-order chi connectivity index (χ0) is 12.7. The van der Waals surface area contributed by atoms with Gasteiger partial charge in [-0.1, -0.05) is 12.1 Å². The van der Waals surface area contributed by atoms with E-state index in [1.165, 1.54) is 12.1 Å². The summed E-state index contributed by atoms with van der Waals surface area (Å²) < 4.78 is 18.7. The van der Waals surface area contributed by atoms with Crippen LogP contribution < -0.4 is 0 Å². The lowest BCUT2D eigenvalue weighted by atomic mass is 10.2. The Morgan fingerprint density at radius 1 is 1.33 bits per heavy atom. The summed E-state index contributed by atoms with van der Waals surface area (Å²) in [6.07, 6.45) is 0.617. The third-order valence-corrected chi connectivity index (χ3v) is 3.21. The molecule has 1 heterocycles.